The van der Waals surface area contributed by atoms with E-state index in [0.29, 0.717) is 0 Å². The highest BCUT2D eigenvalue weighted by Gasteiger charge is 2.23. The maximum atomic E-state index is 11.4. The quantitative estimate of drug-likeness (QED) is 0.819. The third-order valence-electron chi connectivity index (χ3n) is 2.67. The number of likely N-dealkylation sites (N-methyl/N-ethyl adjacent to an activating group) is 1. The van der Waals surface area contributed by atoms with E-state index in [0.717, 1.165) is 6.54 Å². The molecule has 0 aliphatic rings. The van der Waals surface area contributed by atoms with Crippen LogP contribution < -0.4 is 5.73 Å². The molecule has 16 heavy (non-hydrogen) atoms. The molecule has 1 aromatic carbocycles. The second kappa shape index (κ2) is 5.66. The molecule has 1 rings (SSSR count). The fourth-order valence-electron chi connectivity index (χ4n) is 2.02. The number of nitrogens with two attached hydrogens (primary N) is 1. The van der Waals surface area contributed by atoms with Gasteiger partial charge in [0.15, 0.2) is 0 Å². The van der Waals surface area contributed by atoms with E-state index < -0.39 is 0 Å². The average molecular weight is 220 g/mol. The lowest BCUT2D eigenvalue weighted by molar-refractivity contribution is -0.124. The van der Waals surface area contributed by atoms with Crippen LogP contribution in [0.4, 0.5) is 0 Å². The van der Waals surface area contributed by atoms with Crippen LogP contribution in [-0.4, -0.2) is 23.9 Å². The van der Waals surface area contributed by atoms with Gasteiger partial charge in [0.25, 0.3) is 0 Å². The summed E-state index contributed by atoms with van der Waals surface area (Å²) in [5.74, 6) is -0.0281. The van der Waals surface area contributed by atoms with Gasteiger partial charge in [-0.25, -0.2) is 0 Å². The van der Waals surface area contributed by atoms with Gasteiger partial charge in [0.2, 0.25) is 5.91 Å². The Morgan fingerprint density at radius 1 is 1.31 bits per heavy atom. The lowest BCUT2D eigenvalue weighted by Gasteiger charge is -2.28. The van der Waals surface area contributed by atoms with Gasteiger partial charge >= 0.3 is 0 Å². The Morgan fingerprint density at radius 3 is 2.31 bits per heavy atom. The summed E-state index contributed by atoms with van der Waals surface area (Å²) in [5.41, 5.74) is 6.60. The Bertz CT molecular complexity index is 335. The van der Waals surface area contributed by atoms with E-state index in [-0.39, 0.29) is 17.9 Å². The molecule has 1 amide bonds. The van der Waals surface area contributed by atoms with Gasteiger partial charge in [-0.05, 0) is 18.5 Å². The Morgan fingerprint density at radius 2 is 1.88 bits per heavy atom. The molecule has 1 unspecified atom stereocenters. The zero-order valence-corrected chi connectivity index (χ0v) is 10.2. The average Bonchev–Trinajstić information content (AvgIpc) is 2.17. The third-order valence-corrected chi connectivity index (χ3v) is 2.67. The van der Waals surface area contributed by atoms with E-state index in [2.05, 4.69) is 12.1 Å². The highest BCUT2D eigenvalue weighted by atomic mass is 16.1. The second-order valence-electron chi connectivity index (χ2n) is 4.49. The van der Waals surface area contributed by atoms with Crippen molar-refractivity contribution in [2.45, 2.75) is 26.4 Å². The summed E-state index contributed by atoms with van der Waals surface area (Å²) in [6.45, 7) is 4.76. The van der Waals surface area contributed by atoms with E-state index in [4.69, 9.17) is 5.73 Å². The van der Waals surface area contributed by atoms with E-state index in [1.165, 1.54) is 5.56 Å². The molecule has 3 heteroatoms. The number of rotatable bonds is 5. The molecule has 0 aromatic heterocycles. The summed E-state index contributed by atoms with van der Waals surface area (Å²) in [5, 5.41) is 0. The minimum Gasteiger partial charge on any atom is -0.368 e. The van der Waals surface area contributed by atoms with Gasteiger partial charge in [-0.2, -0.15) is 0 Å². The Balaban J connectivity index is 2.70. The van der Waals surface area contributed by atoms with Gasteiger partial charge in [-0.1, -0.05) is 44.2 Å². The lowest BCUT2D eigenvalue weighted by Crippen LogP contribution is -2.45. The molecule has 0 aliphatic heterocycles. The fourth-order valence-corrected chi connectivity index (χ4v) is 2.02. The van der Waals surface area contributed by atoms with Crippen LogP contribution in [0.2, 0.25) is 0 Å². The standard InChI is InChI=1S/C13H20N2O/c1-10(2)12(13(14)16)15(3)9-11-7-5-4-6-8-11/h4-8,10,12H,9H2,1-3H3,(H2,14,16). The van der Waals surface area contributed by atoms with Crippen LogP contribution >= 0.6 is 0 Å². The van der Waals surface area contributed by atoms with Gasteiger partial charge in [0.05, 0.1) is 6.04 Å². The fraction of sp³-hybridized carbons (Fsp3) is 0.462. The van der Waals surface area contributed by atoms with Crippen molar-refractivity contribution in [3.05, 3.63) is 35.9 Å². The molecule has 0 radical (unpaired) electrons. The summed E-state index contributed by atoms with van der Waals surface area (Å²) >= 11 is 0. The summed E-state index contributed by atoms with van der Waals surface area (Å²) in [6.07, 6.45) is 0. The maximum Gasteiger partial charge on any atom is 0.235 e. The molecule has 88 valence electrons. The second-order valence-corrected chi connectivity index (χ2v) is 4.49. The van der Waals surface area contributed by atoms with Gasteiger partial charge in [0, 0.05) is 6.54 Å². The van der Waals surface area contributed by atoms with E-state index in [1.807, 2.05) is 44.0 Å². The first-order valence-corrected chi connectivity index (χ1v) is 5.56. The topological polar surface area (TPSA) is 46.3 Å². The van der Waals surface area contributed by atoms with Crippen LogP contribution in [0.1, 0.15) is 19.4 Å². The van der Waals surface area contributed by atoms with Crippen LogP contribution in [0.3, 0.4) is 0 Å². The zero-order chi connectivity index (χ0) is 12.1. The van der Waals surface area contributed by atoms with Crippen molar-refractivity contribution in [2.75, 3.05) is 7.05 Å². The number of nitrogens with zero attached hydrogens (tertiary/aromatic N) is 1. The van der Waals surface area contributed by atoms with Gasteiger partial charge in [-0.15, -0.1) is 0 Å². The van der Waals surface area contributed by atoms with Crippen molar-refractivity contribution in [3.8, 4) is 0 Å². The number of benzene rings is 1. The summed E-state index contributed by atoms with van der Waals surface area (Å²) < 4.78 is 0. The summed E-state index contributed by atoms with van der Waals surface area (Å²) in [4.78, 5) is 13.4. The predicted molar refractivity (Wildman–Crippen MR) is 65.7 cm³/mol. The number of primary amides is 1. The van der Waals surface area contributed by atoms with E-state index in [1.54, 1.807) is 0 Å². The monoisotopic (exact) mass is 220 g/mol. The molecular weight excluding hydrogens is 200 g/mol. The molecule has 0 saturated carbocycles. The first-order valence-electron chi connectivity index (χ1n) is 5.56. The molecular formula is C13H20N2O. The lowest BCUT2D eigenvalue weighted by atomic mass is 10.0. The van der Waals surface area contributed by atoms with Crippen molar-refractivity contribution in [1.29, 1.82) is 0 Å². The van der Waals surface area contributed by atoms with E-state index in [9.17, 15) is 4.79 Å². The summed E-state index contributed by atoms with van der Waals surface area (Å²) in [6, 6.07) is 9.87. The minimum absolute atomic E-state index is 0.208. The molecule has 1 aromatic rings. The highest BCUT2D eigenvalue weighted by molar-refractivity contribution is 5.80. The number of carbonyl (C=O) groups excluding carboxylic acids is 1. The van der Waals surface area contributed by atoms with Crippen molar-refractivity contribution in [2.24, 2.45) is 11.7 Å². The molecule has 0 heterocycles. The SMILES string of the molecule is CC(C)C(C(N)=O)N(C)Cc1ccccc1. The molecule has 0 spiro atoms. The molecule has 0 bridgehead atoms. The smallest absolute Gasteiger partial charge is 0.235 e. The molecule has 0 saturated heterocycles. The molecule has 2 N–H and O–H groups in total. The van der Waals surface area contributed by atoms with Crippen molar-refractivity contribution in [1.82, 2.24) is 4.90 Å². The van der Waals surface area contributed by atoms with Crippen molar-refractivity contribution < 1.29 is 4.79 Å². The van der Waals surface area contributed by atoms with Crippen LogP contribution in [0.15, 0.2) is 30.3 Å². The number of amides is 1. The zero-order valence-electron chi connectivity index (χ0n) is 10.2. The number of hydrogen-bond donors (Lipinski definition) is 1. The molecule has 1 atom stereocenters. The minimum atomic E-state index is -0.256. The Labute approximate surface area is 97.2 Å². The van der Waals surface area contributed by atoms with Crippen LogP contribution in [-0.2, 0) is 11.3 Å². The van der Waals surface area contributed by atoms with Crippen LogP contribution in [0.25, 0.3) is 0 Å². The predicted octanol–water partition coefficient (Wildman–Crippen LogP) is 1.63. The highest BCUT2D eigenvalue weighted by Crippen LogP contribution is 2.12. The molecule has 0 aliphatic carbocycles. The Hall–Kier alpha value is -1.35. The van der Waals surface area contributed by atoms with Crippen LogP contribution in [0.5, 0.6) is 0 Å². The first-order chi connectivity index (χ1) is 7.52. The van der Waals surface area contributed by atoms with E-state index >= 15 is 0 Å². The Kier molecular flexibility index (Phi) is 4.50. The van der Waals surface area contributed by atoms with Crippen LogP contribution in [0, 0.1) is 5.92 Å². The normalized spacial score (nSPS) is 13.1. The number of hydrogen-bond acceptors (Lipinski definition) is 2. The number of carbonyl (C=O) groups is 1. The van der Waals surface area contributed by atoms with Gasteiger partial charge < -0.3 is 5.73 Å². The first kappa shape index (κ1) is 12.7. The third kappa shape index (κ3) is 3.35. The largest absolute Gasteiger partial charge is 0.368 e. The maximum absolute atomic E-state index is 11.4. The molecule has 3 nitrogen and oxygen atoms in total. The van der Waals surface area contributed by atoms with Gasteiger partial charge in [0.1, 0.15) is 0 Å². The van der Waals surface area contributed by atoms with Gasteiger partial charge in [-0.3, -0.25) is 9.69 Å². The van der Waals surface area contributed by atoms with Crippen molar-refractivity contribution >= 4 is 5.91 Å². The molecule has 0 fully saturated rings. The summed E-state index contributed by atoms with van der Waals surface area (Å²) in [7, 11) is 1.93. The van der Waals surface area contributed by atoms with Crippen molar-refractivity contribution in [3.63, 3.8) is 0 Å².